The monoisotopic (exact) mass is 337 g/mol. The van der Waals surface area contributed by atoms with E-state index >= 15 is 0 Å². The van der Waals surface area contributed by atoms with Crippen LogP contribution in [-0.4, -0.2) is 29.8 Å². The van der Waals surface area contributed by atoms with Crippen molar-refractivity contribution in [2.45, 2.75) is 24.8 Å². The number of hydrogen-bond donors (Lipinski definition) is 2. The average Bonchev–Trinajstić information content (AvgIpc) is 2.63. The van der Waals surface area contributed by atoms with Crippen molar-refractivity contribution < 1.29 is 14.6 Å². The fourth-order valence-electron chi connectivity index (χ4n) is 3.26. The second-order valence-electron chi connectivity index (χ2n) is 6.44. The van der Waals surface area contributed by atoms with E-state index in [0.29, 0.717) is 30.8 Å². The Morgan fingerprint density at radius 3 is 2.60 bits per heavy atom. The molecule has 1 fully saturated rings. The molecule has 3 rings (SSSR count). The highest BCUT2D eigenvalue weighted by Gasteiger charge is 2.33. The lowest BCUT2D eigenvalue weighted by atomic mass is 9.86. The van der Waals surface area contributed by atoms with Crippen LogP contribution in [0.1, 0.15) is 29.6 Å². The molecular formula is C21H23NO3. The van der Waals surface area contributed by atoms with Crippen molar-refractivity contribution >= 4 is 5.91 Å². The maximum Gasteiger partial charge on any atom is 0.251 e. The lowest BCUT2D eigenvalue weighted by Gasteiger charge is -2.37. The molecule has 0 spiro atoms. The zero-order valence-corrected chi connectivity index (χ0v) is 14.2. The zero-order valence-electron chi connectivity index (χ0n) is 14.2. The van der Waals surface area contributed by atoms with Gasteiger partial charge in [0.05, 0.1) is 0 Å². The Kier molecular flexibility index (Phi) is 5.19. The molecule has 1 amide bonds. The summed E-state index contributed by atoms with van der Waals surface area (Å²) in [6, 6.07) is 14.5. The zero-order chi connectivity index (χ0) is 17.7. The van der Waals surface area contributed by atoms with Gasteiger partial charge in [-0.15, -0.1) is 6.58 Å². The molecule has 4 nitrogen and oxygen atoms in total. The molecule has 2 aromatic carbocycles. The minimum Gasteiger partial charge on any atom is -0.507 e. The number of benzene rings is 2. The molecule has 1 saturated heterocycles. The first-order valence-electron chi connectivity index (χ1n) is 8.53. The third kappa shape index (κ3) is 3.91. The Bertz CT molecular complexity index is 749. The highest BCUT2D eigenvalue weighted by molar-refractivity contribution is 5.96. The summed E-state index contributed by atoms with van der Waals surface area (Å²) in [6.45, 7) is 5.10. The van der Waals surface area contributed by atoms with Gasteiger partial charge in [0, 0.05) is 29.9 Å². The van der Waals surface area contributed by atoms with Gasteiger partial charge in [-0.05, 0) is 43.0 Å². The van der Waals surface area contributed by atoms with Crippen LogP contribution in [0.5, 0.6) is 5.75 Å². The molecule has 0 atom stereocenters. The fraction of sp³-hybridized carbons (Fsp3) is 0.286. The van der Waals surface area contributed by atoms with E-state index in [4.69, 9.17) is 4.74 Å². The first-order chi connectivity index (χ1) is 12.1. The van der Waals surface area contributed by atoms with Gasteiger partial charge in [0.2, 0.25) is 0 Å². The second kappa shape index (κ2) is 7.53. The molecule has 0 aromatic heterocycles. The number of rotatable bonds is 5. The van der Waals surface area contributed by atoms with Crippen molar-refractivity contribution in [1.29, 1.82) is 0 Å². The molecule has 1 aliphatic rings. The number of amides is 1. The van der Waals surface area contributed by atoms with E-state index in [9.17, 15) is 9.90 Å². The highest BCUT2D eigenvalue weighted by Crippen LogP contribution is 2.31. The van der Waals surface area contributed by atoms with E-state index in [1.165, 1.54) is 0 Å². The number of hydrogen-bond acceptors (Lipinski definition) is 3. The summed E-state index contributed by atoms with van der Waals surface area (Å²) in [6.07, 6.45) is 4.10. The van der Waals surface area contributed by atoms with Gasteiger partial charge in [-0.25, -0.2) is 0 Å². The summed E-state index contributed by atoms with van der Waals surface area (Å²) in [5, 5.41) is 13.3. The largest absolute Gasteiger partial charge is 0.507 e. The maximum absolute atomic E-state index is 12.8. The number of phenolic OH excluding ortho intramolecular Hbond substituents is 1. The Morgan fingerprint density at radius 2 is 1.92 bits per heavy atom. The number of phenols is 1. The second-order valence-corrected chi connectivity index (χ2v) is 6.44. The number of carbonyl (C=O) groups excluding carboxylic acids is 1. The molecule has 1 heterocycles. The van der Waals surface area contributed by atoms with E-state index in [1.54, 1.807) is 18.2 Å². The van der Waals surface area contributed by atoms with Gasteiger partial charge in [0.1, 0.15) is 5.75 Å². The highest BCUT2D eigenvalue weighted by atomic mass is 16.5. The molecule has 4 heteroatoms. The molecule has 2 aromatic rings. The lowest BCUT2D eigenvalue weighted by molar-refractivity contribution is 0.0369. The Balaban J connectivity index is 1.86. The molecule has 0 radical (unpaired) electrons. The van der Waals surface area contributed by atoms with Crippen molar-refractivity contribution in [3.63, 3.8) is 0 Å². The van der Waals surface area contributed by atoms with Crippen LogP contribution in [0.4, 0.5) is 0 Å². The topological polar surface area (TPSA) is 58.6 Å². The summed E-state index contributed by atoms with van der Waals surface area (Å²) in [7, 11) is 0. The minimum atomic E-state index is -0.304. The minimum absolute atomic E-state index is 0.138. The lowest BCUT2D eigenvalue weighted by Crippen LogP contribution is -2.51. The summed E-state index contributed by atoms with van der Waals surface area (Å²) in [5.41, 5.74) is 1.76. The molecule has 25 heavy (non-hydrogen) atoms. The first-order valence-corrected chi connectivity index (χ1v) is 8.53. The van der Waals surface area contributed by atoms with Gasteiger partial charge in [-0.2, -0.15) is 0 Å². The molecule has 0 aliphatic carbocycles. The molecule has 2 N–H and O–H groups in total. The smallest absolute Gasteiger partial charge is 0.251 e. The van der Waals surface area contributed by atoms with Gasteiger partial charge in [-0.1, -0.05) is 36.4 Å². The number of carbonyl (C=O) groups is 1. The van der Waals surface area contributed by atoms with E-state index in [0.717, 1.165) is 18.4 Å². The van der Waals surface area contributed by atoms with E-state index in [2.05, 4.69) is 11.9 Å². The maximum atomic E-state index is 12.8. The van der Waals surface area contributed by atoms with Crippen molar-refractivity contribution in [3.05, 3.63) is 66.7 Å². The Morgan fingerprint density at radius 1 is 1.20 bits per heavy atom. The molecule has 0 saturated carbocycles. The normalized spacial score (nSPS) is 16.2. The van der Waals surface area contributed by atoms with E-state index in [1.807, 2.05) is 36.4 Å². The standard InChI is InChI=1S/C21H23NO3/c1-2-10-21(11-13-25-14-12-21)22-20(24)17-8-9-19(23)18(15-17)16-6-4-3-5-7-16/h2-9,15,23H,1,10-14H2,(H,22,24). The van der Waals surface area contributed by atoms with Crippen LogP contribution in [0, 0.1) is 0 Å². The molecule has 0 bridgehead atoms. The van der Waals surface area contributed by atoms with Crippen molar-refractivity contribution in [3.8, 4) is 16.9 Å². The number of nitrogens with one attached hydrogen (secondary N) is 1. The van der Waals surface area contributed by atoms with Crippen LogP contribution in [0.25, 0.3) is 11.1 Å². The number of aromatic hydroxyl groups is 1. The van der Waals surface area contributed by atoms with Gasteiger partial charge >= 0.3 is 0 Å². The summed E-state index contributed by atoms with van der Waals surface area (Å²) in [5.74, 6) is 0.0237. The third-order valence-electron chi connectivity index (χ3n) is 4.71. The van der Waals surface area contributed by atoms with Crippen molar-refractivity contribution in [2.75, 3.05) is 13.2 Å². The predicted octanol–water partition coefficient (Wildman–Crippen LogP) is 3.91. The van der Waals surface area contributed by atoms with Crippen LogP contribution in [0.3, 0.4) is 0 Å². The number of ether oxygens (including phenoxy) is 1. The molecular weight excluding hydrogens is 314 g/mol. The summed E-state index contributed by atoms with van der Waals surface area (Å²) < 4.78 is 5.43. The van der Waals surface area contributed by atoms with Gasteiger partial charge in [-0.3, -0.25) is 4.79 Å². The van der Waals surface area contributed by atoms with Gasteiger partial charge in [0.25, 0.3) is 5.91 Å². The van der Waals surface area contributed by atoms with Crippen molar-refractivity contribution in [1.82, 2.24) is 5.32 Å². The third-order valence-corrected chi connectivity index (χ3v) is 4.71. The Labute approximate surface area is 148 Å². The van der Waals surface area contributed by atoms with Crippen LogP contribution in [-0.2, 0) is 4.74 Å². The molecule has 0 unspecified atom stereocenters. The quantitative estimate of drug-likeness (QED) is 0.813. The summed E-state index contributed by atoms with van der Waals surface area (Å²) >= 11 is 0. The SMILES string of the molecule is C=CCC1(NC(=O)c2ccc(O)c(-c3ccccc3)c2)CCOCC1. The van der Waals surface area contributed by atoms with Crippen molar-refractivity contribution in [2.24, 2.45) is 0 Å². The van der Waals surface area contributed by atoms with Crippen LogP contribution < -0.4 is 5.32 Å². The predicted molar refractivity (Wildman–Crippen MR) is 98.6 cm³/mol. The summed E-state index contributed by atoms with van der Waals surface area (Å²) in [4.78, 5) is 12.8. The molecule has 1 aliphatic heterocycles. The van der Waals surface area contributed by atoms with Crippen LogP contribution in [0.15, 0.2) is 61.2 Å². The fourth-order valence-corrected chi connectivity index (χ4v) is 3.26. The van der Waals surface area contributed by atoms with E-state index < -0.39 is 0 Å². The van der Waals surface area contributed by atoms with Crippen LogP contribution >= 0.6 is 0 Å². The van der Waals surface area contributed by atoms with Gasteiger partial charge < -0.3 is 15.2 Å². The Hall–Kier alpha value is -2.59. The van der Waals surface area contributed by atoms with Crippen LogP contribution in [0.2, 0.25) is 0 Å². The average molecular weight is 337 g/mol. The van der Waals surface area contributed by atoms with E-state index in [-0.39, 0.29) is 17.2 Å². The van der Waals surface area contributed by atoms with Gasteiger partial charge in [0.15, 0.2) is 0 Å². The molecule has 130 valence electrons. The first kappa shape index (κ1) is 17.2.